The first kappa shape index (κ1) is 9.66. The average molecular weight is 193 g/mol. The predicted molar refractivity (Wildman–Crippen MR) is 55.5 cm³/mol. The molecule has 1 saturated carbocycles. The van der Waals surface area contributed by atoms with Gasteiger partial charge in [-0.05, 0) is 30.0 Å². The van der Waals surface area contributed by atoms with Crippen LogP contribution in [0.5, 0.6) is 0 Å². The third-order valence-corrected chi connectivity index (χ3v) is 3.37. The summed E-state index contributed by atoms with van der Waals surface area (Å²) >= 11 is 0. The van der Waals surface area contributed by atoms with Gasteiger partial charge in [-0.3, -0.25) is 0 Å². The fourth-order valence-electron chi connectivity index (χ4n) is 2.08. The second-order valence-corrected chi connectivity index (χ2v) is 4.58. The second kappa shape index (κ2) is 3.06. The Balaban J connectivity index is 2.21. The monoisotopic (exact) mass is 193 g/mol. The molecule has 2 heteroatoms. The molecule has 1 nitrogen and oxygen atoms in total. The Morgan fingerprint density at radius 3 is 2.71 bits per heavy atom. The summed E-state index contributed by atoms with van der Waals surface area (Å²) in [6, 6.07) is 6.79. The molecule has 0 bridgehead atoms. The maximum Gasteiger partial charge on any atom is 0.123 e. The smallest absolute Gasteiger partial charge is 0.123 e. The molecule has 2 rings (SSSR count). The van der Waals surface area contributed by atoms with Crippen LogP contribution in [0, 0.1) is 11.7 Å². The van der Waals surface area contributed by atoms with E-state index in [4.69, 9.17) is 5.73 Å². The van der Waals surface area contributed by atoms with Crippen LogP contribution in [-0.2, 0) is 0 Å². The summed E-state index contributed by atoms with van der Waals surface area (Å²) in [5.41, 5.74) is 7.13. The van der Waals surface area contributed by atoms with Crippen molar-refractivity contribution in [3.8, 4) is 0 Å². The van der Waals surface area contributed by atoms with E-state index < -0.39 is 0 Å². The molecule has 0 spiro atoms. The van der Waals surface area contributed by atoms with Gasteiger partial charge in [0, 0.05) is 11.5 Å². The van der Waals surface area contributed by atoms with Crippen molar-refractivity contribution in [3.63, 3.8) is 0 Å². The lowest BCUT2D eigenvalue weighted by Crippen LogP contribution is -2.30. The fraction of sp³-hybridized carbons (Fsp3) is 0.500. The first-order chi connectivity index (χ1) is 6.54. The first-order valence-electron chi connectivity index (χ1n) is 5.08. The molecule has 2 N–H and O–H groups in total. The number of hydrogen-bond donors (Lipinski definition) is 1. The lowest BCUT2D eigenvalue weighted by Gasteiger charge is -2.15. The maximum absolute atomic E-state index is 13.0. The minimum Gasteiger partial charge on any atom is -0.324 e. The van der Waals surface area contributed by atoms with Gasteiger partial charge in [-0.2, -0.15) is 0 Å². The summed E-state index contributed by atoms with van der Waals surface area (Å²) in [5.74, 6) is 0.634. The minimum absolute atomic E-state index is 0.103. The molecule has 0 radical (unpaired) electrons. The summed E-state index contributed by atoms with van der Waals surface area (Å²) in [7, 11) is 0. The largest absolute Gasteiger partial charge is 0.324 e. The Labute approximate surface area is 84.1 Å². The molecular weight excluding hydrogens is 177 g/mol. The summed E-state index contributed by atoms with van der Waals surface area (Å²) in [4.78, 5) is 0. The van der Waals surface area contributed by atoms with Crippen molar-refractivity contribution in [2.45, 2.75) is 31.7 Å². The van der Waals surface area contributed by atoms with Gasteiger partial charge in [0.15, 0.2) is 0 Å². The Morgan fingerprint density at radius 2 is 2.21 bits per heavy atom. The summed E-state index contributed by atoms with van der Waals surface area (Å²) < 4.78 is 13.0. The molecule has 0 aliphatic heterocycles. The quantitative estimate of drug-likeness (QED) is 0.767. The number of benzene rings is 1. The van der Waals surface area contributed by atoms with E-state index in [1.807, 2.05) is 6.07 Å². The third kappa shape index (κ3) is 1.44. The maximum atomic E-state index is 13.0. The van der Waals surface area contributed by atoms with Gasteiger partial charge in [0.1, 0.15) is 5.82 Å². The zero-order chi connectivity index (χ0) is 10.3. The summed E-state index contributed by atoms with van der Waals surface area (Å²) in [6.07, 6.45) is 0.980. The molecule has 1 aromatic rings. The van der Waals surface area contributed by atoms with Crippen molar-refractivity contribution in [1.29, 1.82) is 0 Å². The highest BCUT2D eigenvalue weighted by Crippen LogP contribution is 2.53. The van der Waals surface area contributed by atoms with E-state index >= 15 is 0 Å². The van der Waals surface area contributed by atoms with Crippen LogP contribution in [0.4, 0.5) is 4.39 Å². The number of nitrogens with two attached hydrogens (primary N) is 1. The molecule has 2 unspecified atom stereocenters. The zero-order valence-corrected chi connectivity index (χ0v) is 8.63. The highest BCUT2D eigenvalue weighted by atomic mass is 19.1. The van der Waals surface area contributed by atoms with Crippen molar-refractivity contribution in [3.05, 3.63) is 35.6 Å². The molecule has 1 fully saturated rings. The van der Waals surface area contributed by atoms with Crippen LogP contribution in [0.15, 0.2) is 24.3 Å². The van der Waals surface area contributed by atoms with Crippen molar-refractivity contribution in [2.75, 3.05) is 0 Å². The zero-order valence-electron chi connectivity index (χ0n) is 8.63. The van der Waals surface area contributed by atoms with E-state index in [1.165, 1.54) is 6.07 Å². The lowest BCUT2D eigenvalue weighted by atomic mass is 9.97. The molecule has 0 amide bonds. The van der Waals surface area contributed by atoms with E-state index in [2.05, 4.69) is 13.8 Å². The highest BCUT2D eigenvalue weighted by molar-refractivity contribution is 5.33. The topological polar surface area (TPSA) is 26.0 Å². The van der Waals surface area contributed by atoms with Gasteiger partial charge in [0.2, 0.25) is 0 Å². The highest BCUT2D eigenvalue weighted by Gasteiger charge is 2.53. The van der Waals surface area contributed by atoms with E-state index in [0.717, 1.165) is 12.0 Å². The lowest BCUT2D eigenvalue weighted by molar-refractivity contribution is 0.464. The van der Waals surface area contributed by atoms with E-state index in [1.54, 1.807) is 12.1 Å². The summed E-state index contributed by atoms with van der Waals surface area (Å²) in [6.45, 7) is 4.25. The summed E-state index contributed by atoms with van der Waals surface area (Å²) in [5, 5.41) is 0. The standard InChI is InChI=1S/C12H16FN/c1-8(2)12(14)7-11(12)9-4-3-5-10(13)6-9/h3-6,8,11H,7,14H2,1-2H3. The van der Waals surface area contributed by atoms with E-state index in [9.17, 15) is 4.39 Å². The van der Waals surface area contributed by atoms with Crippen molar-refractivity contribution in [1.82, 2.24) is 0 Å². The SMILES string of the molecule is CC(C)C1(N)CC1c1cccc(F)c1. The van der Waals surface area contributed by atoms with Crippen LogP contribution in [0.3, 0.4) is 0 Å². The number of hydrogen-bond acceptors (Lipinski definition) is 1. The van der Waals surface area contributed by atoms with Crippen molar-refractivity contribution in [2.24, 2.45) is 11.7 Å². The fourth-order valence-corrected chi connectivity index (χ4v) is 2.08. The molecule has 0 aromatic heterocycles. The van der Waals surface area contributed by atoms with E-state index in [-0.39, 0.29) is 11.4 Å². The average Bonchev–Trinajstić information content (AvgIpc) is 2.80. The third-order valence-electron chi connectivity index (χ3n) is 3.37. The molecule has 1 aromatic carbocycles. The van der Waals surface area contributed by atoms with Crippen LogP contribution in [0.2, 0.25) is 0 Å². The van der Waals surface area contributed by atoms with Crippen molar-refractivity contribution >= 4 is 0 Å². The Morgan fingerprint density at radius 1 is 1.50 bits per heavy atom. The second-order valence-electron chi connectivity index (χ2n) is 4.58. The minimum atomic E-state index is -0.166. The van der Waals surface area contributed by atoms with Gasteiger partial charge in [0.25, 0.3) is 0 Å². The van der Waals surface area contributed by atoms with Gasteiger partial charge in [-0.25, -0.2) is 4.39 Å². The van der Waals surface area contributed by atoms with Crippen molar-refractivity contribution < 1.29 is 4.39 Å². The molecule has 2 atom stereocenters. The molecule has 0 heterocycles. The van der Waals surface area contributed by atoms with Crippen LogP contribution in [0.25, 0.3) is 0 Å². The number of rotatable bonds is 2. The molecular formula is C12H16FN. The van der Waals surface area contributed by atoms with E-state index in [0.29, 0.717) is 11.8 Å². The predicted octanol–water partition coefficient (Wildman–Crippen LogP) is 2.67. The number of halogens is 1. The normalized spacial score (nSPS) is 30.8. The molecule has 76 valence electrons. The van der Waals surface area contributed by atoms with Crippen LogP contribution in [0.1, 0.15) is 31.7 Å². The van der Waals surface area contributed by atoms with Crippen LogP contribution in [-0.4, -0.2) is 5.54 Å². The Hall–Kier alpha value is -0.890. The molecule has 1 aliphatic carbocycles. The van der Waals surface area contributed by atoms with Gasteiger partial charge >= 0.3 is 0 Å². The van der Waals surface area contributed by atoms with Crippen LogP contribution >= 0.6 is 0 Å². The van der Waals surface area contributed by atoms with Gasteiger partial charge in [-0.15, -0.1) is 0 Å². The Kier molecular flexibility index (Phi) is 2.11. The Bertz CT molecular complexity index is 348. The van der Waals surface area contributed by atoms with Gasteiger partial charge < -0.3 is 5.73 Å². The van der Waals surface area contributed by atoms with Gasteiger partial charge in [-0.1, -0.05) is 26.0 Å². The molecule has 1 aliphatic rings. The first-order valence-corrected chi connectivity index (χ1v) is 5.08. The van der Waals surface area contributed by atoms with Crippen LogP contribution < -0.4 is 5.73 Å². The molecule has 14 heavy (non-hydrogen) atoms. The van der Waals surface area contributed by atoms with Gasteiger partial charge in [0.05, 0.1) is 0 Å². The molecule has 0 saturated heterocycles.